The van der Waals surface area contributed by atoms with E-state index < -0.39 is 0 Å². The summed E-state index contributed by atoms with van der Waals surface area (Å²) in [6, 6.07) is 14.2. The molecule has 154 valence electrons. The van der Waals surface area contributed by atoms with E-state index in [4.69, 9.17) is 9.47 Å². The molecule has 0 aliphatic carbocycles. The Bertz CT molecular complexity index is 812. The van der Waals surface area contributed by atoms with Crippen molar-refractivity contribution in [1.82, 2.24) is 4.90 Å². The molecule has 6 heteroatoms. The summed E-state index contributed by atoms with van der Waals surface area (Å²) in [6.07, 6.45) is 4.40. The number of carbonyl (C=O) groups is 2. The Morgan fingerprint density at radius 3 is 2.31 bits per heavy atom. The third-order valence-corrected chi connectivity index (χ3v) is 4.86. The maximum absolute atomic E-state index is 12.7. The van der Waals surface area contributed by atoms with Gasteiger partial charge in [0.25, 0.3) is 11.8 Å². The molecule has 2 aromatic carbocycles. The molecule has 1 aliphatic heterocycles. The molecule has 1 saturated heterocycles. The summed E-state index contributed by atoms with van der Waals surface area (Å²) in [5.41, 5.74) is 1.05. The van der Waals surface area contributed by atoms with Crippen LogP contribution >= 0.6 is 0 Å². The number of benzene rings is 2. The number of nitrogens with one attached hydrogen (secondary N) is 1. The van der Waals surface area contributed by atoms with E-state index in [1.807, 2.05) is 11.8 Å². The lowest BCUT2D eigenvalue weighted by atomic mass is 10.2. The van der Waals surface area contributed by atoms with Crippen LogP contribution in [-0.4, -0.2) is 43.0 Å². The highest BCUT2D eigenvalue weighted by atomic mass is 16.5. The number of hydrogen-bond acceptors (Lipinski definition) is 4. The maximum Gasteiger partial charge on any atom is 0.260 e. The van der Waals surface area contributed by atoms with Gasteiger partial charge in [0.05, 0.1) is 12.2 Å². The maximum atomic E-state index is 12.7. The van der Waals surface area contributed by atoms with Crippen molar-refractivity contribution in [1.29, 1.82) is 0 Å². The van der Waals surface area contributed by atoms with Crippen molar-refractivity contribution in [3.05, 3.63) is 54.1 Å². The Hall–Kier alpha value is -3.02. The van der Waals surface area contributed by atoms with Crippen molar-refractivity contribution >= 4 is 17.5 Å². The fraction of sp³-hybridized carbons (Fsp3) is 0.391. The molecule has 0 saturated carbocycles. The summed E-state index contributed by atoms with van der Waals surface area (Å²) in [7, 11) is 0. The summed E-state index contributed by atoms with van der Waals surface area (Å²) < 4.78 is 11.1. The van der Waals surface area contributed by atoms with E-state index in [9.17, 15) is 9.59 Å². The van der Waals surface area contributed by atoms with Crippen molar-refractivity contribution in [2.75, 3.05) is 31.6 Å². The van der Waals surface area contributed by atoms with Crippen molar-refractivity contribution < 1.29 is 19.1 Å². The molecular formula is C23H28N2O4. The third-order valence-electron chi connectivity index (χ3n) is 4.86. The number of amides is 2. The van der Waals surface area contributed by atoms with E-state index in [-0.39, 0.29) is 18.4 Å². The first-order valence-electron chi connectivity index (χ1n) is 10.2. The SMILES string of the molecule is CCOc1ccc(NC(=O)c2ccccc2OCC(=O)N2CCCCCC2)cc1. The molecule has 2 amide bonds. The van der Waals surface area contributed by atoms with Crippen LogP contribution in [0.4, 0.5) is 5.69 Å². The molecule has 1 aliphatic rings. The molecule has 0 unspecified atom stereocenters. The van der Waals surface area contributed by atoms with Gasteiger partial charge in [-0.25, -0.2) is 0 Å². The number of carbonyl (C=O) groups excluding carboxylic acids is 2. The summed E-state index contributed by atoms with van der Waals surface area (Å²) in [4.78, 5) is 27.0. The van der Waals surface area contributed by atoms with E-state index in [2.05, 4.69) is 5.32 Å². The fourth-order valence-electron chi connectivity index (χ4n) is 3.33. The second-order valence-corrected chi connectivity index (χ2v) is 6.99. The highest BCUT2D eigenvalue weighted by Crippen LogP contribution is 2.21. The van der Waals surface area contributed by atoms with Gasteiger partial charge in [0.15, 0.2) is 6.61 Å². The predicted molar refractivity (Wildman–Crippen MR) is 113 cm³/mol. The van der Waals surface area contributed by atoms with Gasteiger partial charge < -0.3 is 19.7 Å². The minimum atomic E-state index is -0.285. The molecule has 1 N–H and O–H groups in total. The lowest BCUT2D eigenvalue weighted by molar-refractivity contribution is -0.133. The number of nitrogens with zero attached hydrogens (tertiary/aromatic N) is 1. The number of ether oxygens (including phenoxy) is 2. The van der Waals surface area contributed by atoms with Crippen LogP contribution in [0, 0.1) is 0 Å². The lowest BCUT2D eigenvalue weighted by Crippen LogP contribution is -2.35. The van der Waals surface area contributed by atoms with Gasteiger partial charge in [-0.05, 0) is 56.2 Å². The lowest BCUT2D eigenvalue weighted by Gasteiger charge is -2.20. The zero-order valence-corrected chi connectivity index (χ0v) is 16.9. The van der Waals surface area contributed by atoms with Gasteiger partial charge in [-0.2, -0.15) is 0 Å². The number of rotatable bonds is 7. The predicted octanol–water partition coefficient (Wildman–Crippen LogP) is 4.12. The van der Waals surface area contributed by atoms with Gasteiger partial charge >= 0.3 is 0 Å². The van der Waals surface area contributed by atoms with Crippen LogP contribution in [0.2, 0.25) is 0 Å². The Balaban J connectivity index is 1.61. The monoisotopic (exact) mass is 396 g/mol. The Morgan fingerprint density at radius 2 is 1.62 bits per heavy atom. The first-order valence-corrected chi connectivity index (χ1v) is 10.2. The molecule has 29 heavy (non-hydrogen) atoms. The van der Waals surface area contributed by atoms with E-state index in [1.165, 1.54) is 12.8 Å². The van der Waals surface area contributed by atoms with Crippen molar-refractivity contribution in [3.8, 4) is 11.5 Å². The number of para-hydroxylation sites is 1. The van der Waals surface area contributed by atoms with E-state index in [0.717, 1.165) is 31.7 Å². The molecule has 6 nitrogen and oxygen atoms in total. The van der Waals surface area contributed by atoms with Gasteiger partial charge in [-0.1, -0.05) is 25.0 Å². The smallest absolute Gasteiger partial charge is 0.260 e. The quantitative estimate of drug-likeness (QED) is 0.764. The highest BCUT2D eigenvalue weighted by molar-refractivity contribution is 6.06. The van der Waals surface area contributed by atoms with Crippen LogP contribution in [0.25, 0.3) is 0 Å². The largest absolute Gasteiger partial charge is 0.494 e. The first kappa shape index (κ1) is 20.7. The van der Waals surface area contributed by atoms with Crippen molar-refractivity contribution in [2.45, 2.75) is 32.6 Å². The highest BCUT2D eigenvalue weighted by Gasteiger charge is 2.18. The summed E-state index contributed by atoms with van der Waals surface area (Å²) in [5, 5.41) is 2.86. The standard InChI is InChI=1S/C23H28N2O4/c1-2-28-19-13-11-18(12-14-19)24-23(27)20-9-5-6-10-21(20)29-17-22(26)25-15-7-3-4-8-16-25/h5-6,9-14H,2-4,7-8,15-17H2,1H3,(H,24,27). The molecule has 0 aromatic heterocycles. The molecule has 0 atom stereocenters. The third kappa shape index (κ3) is 5.98. The average Bonchev–Trinajstić information content (AvgIpc) is 3.03. The van der Waals surface area contributed by atoms with Gasteiger partial charge in [0.2, 0.25) is 0 Å². The topological polar surface area (TPSA) is 67.9 Å². The van der Waals surface area contributed by atoms with E-state index in [1.54, 1.807) is 48.5 Å². The van der Waals surface area contributed by atoms with Crippen molar-refractivity contribution in [3.63, 3.8) is 0 Å². The van der Waals surface area contributed by atoms with E-state index >= 15 is 0 Å². The Morgan fingerprint density at radius 1 is 0.931 bits per heavy atom. The van der Waals surface area contributed by atoms with Crippen molar-refractivity contribution in [2.24, 2.45) is 0 Å². The zero-order valence-electron chi connectivity index (χ0n) is 16.9. The van der Waals surface area contributed by atoms with Crippen LogP contribution in [-0.2, 0) is 4.79 Å². The zero-order chi connectivity index (χ0) is 20.5. The second kappa shape index (κ2) is 10.5. The van der Waals surface area contributed by atoms with Gasteiger partial charge in [-0.15, -0.1) is 0 Å². The minimum absolute atomic E-state index is 0.0337. The summed E-state index contributed by atoms with van der Waals surface area (Å²) >= 11 is 0. The molecule has 0 radical (unpaired) electrons. The Labute approximate surface area is 171 Å². The fourth-order valence-corrected chi connectivity index (χ4v) is 3.33. The first-order chi connectivity index (χ1) is 14.2. The van der Waals surface area contributed by atoms with Crippen LogP contribution in [0.5, 0.6) is 11.5 Å². The molecule has 2 aromatic rings. The Kier molecular flexibility index (Phi) is 7.50. The van der Waals surface area contributed by atoms with Gasteiger partial charge in [-0.3, -0.25) is 9.59 Å². The van der Waals surface area contributed by atoms with Gasteiger partial charge in [0, 0.05) is 18.8 Å². The van der Waals surface area contributed by atoms with Crippen LogP contribution in [0.15, 0.2) is 48.5 Å². The molecule has 1 fully saturated rings. The van der Waals surface area contributed by atoms with Gasteiger partial charge in [0.1, 0.15) is 11.5 Å². The van der Waals surface area contributed by atoms with E-state index in [0.29, 0.717) is 23.6 Å². The normalized spacial score (nSPS) is 14.0. The number of anilines is 1. The molecule has 0 spiro atoms. The summed E-state index contributed by atoms with van der Waals surface area (Å²) in [6.45, 7) is 4.01. The number of hydrogen-bond donors (Lipinski definition) is 1. The molecule has 1 heterocycles. The summed E-state index contributed by atoms with van der Waals surface area (Å²) in [5.74, 6) is 0.834. The second-order valence-electron chi connectivity index (χ2n) is 6.99. The molecule has 3 rings (SSSR count). The van der Waals surface area contributed by atoms with Crippen LogP contribution in [0.3, 0.4) is 0 Å². The average molecular weight is 396 g/mol. The van der Waals surface area contributed by atoms with Crippen LogP contribution in [0.1, 0.15) is 43.0 Å². The number of likely N-dealkylation sites (tertiary alicyclic amines) is 1. The molecule has 0 bridgehead atoms. The minimum Gasteiger partial charge on any atom is -0.494 e. The molecular weight excluding hydrogens is 368 g/mol. The van der Waals surface area contributed by atoms with Crippen LogP contribution < -0.4 is 14.8 Å².